The first-order chi connectivity index (χ1) is 11.6. The number of carbonyl (C=O) groups excluding carboxylic acids is 1. The van der Waals surface area contributed by atoms with Gasteiger partial charge in [0.25, 0.3) is 0 Å². The number of ether oxygens (including phenoxy) is 1. The molecule has 1 aromatic heterocycles. The molecular formula is C18H16ClN3O2. The van der Waals surface area contributed by atoms with Gasteiger partial charge >= 0.3 is 0 Å². The SMILES string of the molecule is COc1ccc(Cn2nc(-c3ccc(C=O)c(Cl)c3)nc2C)cc1. The number of hydrogen-bond acceptors (Lipinski definition) is 4. The van der Waals surface area contributed by atoms with Gasteiger partial charge in [0.15, 0.2) is 12.1 Å². The Morgan fingerprint density at radius 1 is 1.21 bits per heavy atom. The van der Waals surface area contributed by atoms with Gasteiger partial charge in [0.05, 0.1) is 18.7 Å². The summed E-state index contributed by atoms with van der Waals surface area (Å²) in [5.41, 5.74) is 2.33. The molecule has 0 bridgehead atoms. The van der Waals surface area contributed by atoms with Crippen molar-refractivity contribution < 1.29 is 9.53 Å². The molecule has 0 aliphatic rings. The number of benzene rings is 2. The van der Waals surface area contributed by atoms with E-state index in [1.54, 1.807) is 25.3 Å². The van der Waals surface area contributed by atoms with Gasteiger partial charge in [0.2, 0.25) is 0 Å². The summed E-state index contributed by atoms with van der Waals surface area (Å²) in [7, 11) is 1.64. The highest BCUT2D eigenvalue weighted by Gasteiger charge is 2.11. The molecular weight excluding hydrogens is 326 g/mol. The van der Waals surface area contributed by atoms with Gasteiger partial charge in [-0.15, -0.1) is 0 Å². The zero-order chi connectivity index (χ0) is 17.1. The van der Waals surface area contributed by atoms with Crippen LogP contribution in [-0.4, -0.2) is 28.2 Å². The Morgan fingerprint density at radius 2 is 1.96 bits per heavy atom. The molecule has 0 aliphatic carbocycles. The maximum absolute atomic E-state index is 10.9. The summed E-state index contributed by atoms with van der Waals surface area (Å²) in [6, 6.07) is 13.0. The van der Waals surface area contributed by atoms with Crippen LogP contribution in [0, 0.1) is 6.92 Å². The first-order valence-electron chi connectivity index (χ1n) is 7.40. The molecule has 0 amide bonds. The van der Waals surface area contributed by atoms with Crippen LogP contribution in [0.5, 0.6) is 5.75 Å². The van der Waals surface area contributed by atoms with Crippen LogP contribution in [0.25, 0.3) is 11.4 Å². The van der Waals surface area contributed by atoms with E-state index in [2.05, 4.69) is 10.1 Å². The fraction of sp³-hybridized carbons (Fsp3) is 0.167. The highest BCUT2D eigenvalue weighted by Crippen LogP contribution is 2.23. The lowest BCUT2D eigenvalue weighted by Crippen LogP contribution is -2.04. The van der Waals surface area contributed by atoms with Crippen LogP contribution >= 0.6 is 11.6 Å². The van der Waals surface area contributed by atoms with Crippen molar-refractivity contribution in [2.45, 2.75) is 13.5 Å². The molecule has 122 valence electrons. The van der Waals surface area contributed by atoms with Crippen LogP contribution < -0.4 is 4.74 Å². The van der Waals surface area contributed by atoms with E-state index in [0.717, 1.165) is 29.0 Å². The maximum atomic E-state index is 10.9. The number of halogens is 1. The molecule has 0 fully saturated rings. The second-order valence-corrected chi connectivity index (χ2v) is 5.75. The highest BCUT2D eigenvalue weighted by atomic mass is 35.5. The van der Waals surface area contributed by atoms with Crippen molar-refractivity contribution in [3.63, 3.8) is 0 Å². The third-order valence-corrected chi connectivity index (χ3v) is 4.06. The zero-order valence-electron chi connectivity index (χ0n) is 13.4. The summed E-state index contributed by atoms with van der Waals surface area (Å²) < 4.78 is 7.00. The number of aromatic nitrogens is 3. The minimum absolute atomic E-state index is 0.395. The average molecular weight is 342 g/mol. The predicted molar refractivity (Wildman–Crippen MR) is 92.7 cm³/mol. The van der Waals surface area contributed by atoms with Gasteiger partial charge in [0.1, 0.15) is 11.6 Å². The lowest BCUT2D eigenvalue weighted by atomic mass is 10.1. The summed E-state index contributed by atoms with van der Waals surface area (Å²) in [4.78, 5) is 15.3. The molecule has 0 spiro atoms. The third-order valence-electron chi connectivity index (χ3n) is 3.73. The third kappa shape index (κ3) is 3.31. The standard InChI is InChI=1S/C18H16ClN3O2/c1-12-20-18(14-5-6-15(11-23)17(19)9-14)21-22(12)10-13-3-7-16(24-2)8-4-13/h3-9,11H,10H2,1-2H3. The smallest absolute Gasteiger partial charge is 0.181 e. The number of hydrogen-bond donors (Lipinski definition) is 0. The van der Waals surface area contributed by atoms with Gasteiger partial charge in [-0.2, -0.15) is 5.10 Å². The first kappa shape index (κ1) is 16.2. The number of methoxy groups -OCH3 is 1. The minimum Gasteiger partial charge on any atom is -0.497 e. The van der Waals surface area contributed by atoms with Crippen LogP contribution in [0.2, 0.25) is 5.02 Å². The number of rotatable bonds is 5. The second kappa shape index (κ2) is 6.84. The zero-order valence-corrected chi connectivity index (χ0v) is 14.1. The molecule has 0 unspecified atom stereocenters. The molecule has 3 aromatic rings. The van der Waals surface area contributed by atoms with E-state index in [9.17, 15) is 4.79 Å². The van der Waals surface area contributed by atoms with Crippen molar-refractivity contribution in [2.24, 2.45) is 0 Å². The van der Waals surface area contributed by atoms with E-state index in [1.165, 1.54) is 0 Å². The van der Waals surface area contributed by atoms with Gasteiger partial charge in [-0.25, -0.2) is 9.67 Å². The molecule has 24 heavy (non-hydrogen) atoms. The van der Waals surface area contributed by atoms with Crippen molar-refractivity contribution in [1.29, 1.82) is 0 Å². The predicted octanol–water partition coefficient (Wildman–Crippen LogP) is 3.78. The summed E-state index contributed by atoms with van der Waals surface area (Å²) in [5.74, 6) is 2.21. The van der Waals surface area contributed by atoms with Crippen LogP contribution in [0.4, 0.5) is 0 Å². The minimum atomic E-state index is 0.395. The fourth-order valence-corrected chi connectivity index (χ4v) is 2.58. The molecule has 0 saturated heterocycles. The van der Waals surface area contributed by atoms with E-state index in [1.807, 2.05) is 35.9 Å². The van der Waals surface area contributed by atoms with Gasteiger partial charge in [-0.1, -0.05) is 29.8 Å². The van der Waals surface area contributed by atoms with Crippen molar-refractivity contribution >= 4 is 17.9 Å². The van der Waals surface area contributed by atoms with Crippen molar-refractivity contribution in [1.82, 2.24) is 14.8 Å². The summed E-state index contributed by atoms with van der Waals surface area (Å²) in [6.45, 7) is 2.52. The normalized spacial score (nSPS) is 10.6. The van der Waals surface area contributed by atoms with E-state index in [-0.39, 0.29) is 0 Å². The van der Waals surface area contributed by atoms with Gasteiger partial charge < -0.3 is 4.74 Å². The Hall–Kier alpha value is -2.66. The summed E-state index contributed by atoms with van der Waals surface area (Å²) >= 11 is 6.08. The Bertz CT molecular complexity index is 872. The van der Waals surface area contributed by atoms with Crippen molar-refractivity contribution in [3.05, 3.63) is 64.4 Å². The lowest BCUT2D eigenvalue weighted by molar-refractivity contribution is 0.112. The Morgan fingerprint density at radius 3 is 2.58 bits per heavy atom. The van der Waals surface area contributed by atoms with E-state index < -0.39 is 0 Å². The fourth-order valence-electron chi connectivity index (χ4n) is 2.36. The topological polar surface area (TPSA) is 57.0 Å². The largest absolute Gasteiger partial charge is 0.497 e. The molecule has 2 aromatic carbocycles. The second-order valence-electron chi connectivity index (χ2n) is 5.34. The summed E-state index contributed by atoms with van der Waals surface area (Å²) in [6.07, 6.45) is 0.729. The molecule has 3 rings (SSSR count). The van der Waals surface area contributed by atoms with Crippen LogP contribution in [0.15, 0.2) is 42.5 Å². The number of aldehydes is 1. The van der Waals surface area contributed by atoms with E-state index >= 15 is 0 Å². The monoisotopic (exact) mass is 341 g/mol. The summed E-state index contributed by atoms with van der Waals surface area (Å²) in [5, 5.41) is 4.94. The molecule has 0 atom stereocenters. The Balaban J connectivity index is 1.86. The van der Waals surface area contributed by atoms with E-state index in [4.69, 9.17) is 16.3 Å². The average Bonchev–Trinajstić information content (AvgIpc) is 2.96. The van der Waals surface area contributed by atoms with Crippen LogP contribution in [0.1, 0.15) is 21.7 Å². The van der Waals surface area contributed by atoms with Crippen molar-refractivity contribution in [2.75, 3.05) is 7.11 Å². The number of carbonyl (C=O) groups is 1. The quantitative estimate of drug-likeness (QED) is 0.663. The van der Waals surface area contributed by atoms with Crippen molar-refractivity contribution in [3.8, 4) is 17.1 Å². The molecule has 6 heteroatoms. The first-order valence-corrected chi connectivity index (χ1v) is 7.78. The molecule has 1 heterocycles. The molecule has 5 nitrogen and oxygen atoms in total. The molecule has 0 N–H and O–H groups in total. The molecule has 0 radical (unpaired) electrons. The van der Waals surface area contributed by atoms with Crippen LogP contribution in [-0.2, 0) is 6.54 Å². The van der Waals surface area contributed by atoms with Gasteiger partial charge in [-0.05, 0) is 36.8 Å². The lowest BCUT2D eigenvalue weighted by Gasteiger charge is -2.05. The maximum Gasteiger partial charge on any atom is 0.181 e. The molecule has 0 saturated carbocycles. The number of nitrogens with zero attached hydrogens (tertiary/aromatic N) is 3. The Labute approximate surface area is 144 Å². The van der Waals surface area contributed by atoms with Gasteiger partial charge in [0, 0.05) is 11.1 Å². The Kier molecular flexibility index (Phi) is 4.62. The van der Waals surface area contributed by atoms with Gasteiger partial charge in [-0.3, -0.25) is 4.79 Å². The van der Waals surface area contributed by atoms with Crippen LogP contribution in [0.3, 0.4) is 0 Å². The number of aryl methyl sites for hydroxylation is 1. The molecule has 0 aliphatic heterocycles. The highest BCUT2D eigenvalue weighted by molar-refractivity contribution is 6.33. The van der Waals surface area contributed by atoms with E-state index in [0.29, 0.717) is 23.0 Å².